The van der Waals surface area contributed by atoms with Crippen LogP contribution in [0.2, 0.25) is 0 Å². The summed E-state index contributed by atoms with van der Waals surface area (Å²) < 4.78 is 0. The molecular formula is C30H50O. The highest BCUT2D eigenvalue weighted by atomic mass is 16.3. The Morgan fingerprint density at radius 2 is 1.48 bits per heavy atom. The molecule has 0 aromatic carbocycles. The lowest BCUT2D eigenvalue weighted by atomic mass is 9.31. The first-order valence-corrected chi connectivity index (χ1v) is 13.7. The monoisotopic (exact) mass is 426 g/mol. The summed E-state index contributed by atoms with van der Waals surface area (Å²) in [7, 11) is 0. The predicted molar refractivity (Wildman–Crippen MR) is 131 cm³/mol. The van der Waals surface area contributed by atoms with Crippen LogP contribution in [-0.4, -0.2) is 11.2 Å². The van der Waals surface area contributed by atoms with Gasteiger partial charge in [-0.3, -0.25) is 0 Å². The van der Waals surface area contributed by atoms with E-state index in [9.17, 15) is 5.11 Å². The van der Waals surface area contributed by atoms with Gasteiger partial charge in [-0.1, -0.05) is 60.6 Å². The van der Waals surface area contributed by atoms with Gasteiger partial charge in [0.05, 0.1) is 6.10 Å². The molecule has 0 heterocycles. The molecule has 0 radical (unpaired) electrons. The molecule has 1 nitrogen and oxygen atoms in total. The lowest BCUT2D eigenvalue weighted by Gasteiger charge is -2.73. The van der Waals surface area contributed by atoms with Crippen LogP contribution in [0.3, 0.4) is 0 Å². The smallest absolute Gasteiger partial charge is 0.0594 e. The Balaban J connectivity index is 1.54. The number of allylic oxidation sites excluding steroid dienone is 1. The van der Waals surface area contributed by atoms with Crippen molar-refractivity contribution in [3.05, 3.63) is 12.2 Å². The molecule has 5 aliphatic carbocycles. The minimum Gasteiger partial charge on any atom is -0.393 e. The fourth-order valence-corrected chi connectivity index (χ4v) is 11.4. The maximum absolute atomic E-state index is 10.9. The van der Waals surface area contributed by atoms with Crippen molar-refractivity contribution in [1.29, 1.82) is 0 Å². The second-order valence-electron chi connectivity index (χ2n) is 14.7. The summed E-state index contributed by atoms with van der Waals surface area (Å²) in [6.45, 7) is 22.6. The quantitative estimate of drug-likeness (QED) is 0.389. The molecule has 0 aromatic rings. The van der Waals surface area contributed by atoms with Crippen molar-refractivity contribution in [2.24, 2.45) is 56.7 Å². The molecule has 0 spiro atoms. The van der Waals surface area contributed by atoms with Gasteiger partial charge in [-0.05, 0) is 121 Å². The average molecular weight is 427 g/mol. The highest BCUT2D eigenvalue weighted by molar-refractivity contribution is 5.21. The van der Waals surface area contributed by atoms with Gasteiger partial charge in [0, 0.05) is 0 Å². The third-order valence-corrected chi connectivity index (χ3v) is 13.6. The first kappa shape index (κ1) is 22.5. The maximum Gasteiger partial charge on any atom is 0.0594 e. The molecule has 176 valence electrons. The van der Waals surface area contributed by atoms with Crippen LogP contribution in [0, 0.1) is 56.7 Å². The molecule has 5 fully saturated rings. The molecule has 5 aliphatic rings. The topological polar surface area (TPSA) is 20.2 Å². The molecule has 0 aliphatic heterocycles. The van der Waals surface area contributed by atoms with Crippen LogP contribution >= 0.6 is 0 Å². The molecule has 1 N–H and O–H groups in total. The third kappa shape index (κ3) is 2.65. The zero-order chi connectivity index (χ0) is 22.6. The summed E-state index contributed by atoms with van der Waals surface area (Å²) in [4.78, 5) is 0. The SMILES string of the molecule is C=C1CC[C@]2(C)CC[C@]3(C)[C@H](CC[C@@H]4[C@@]5(C)CC[C@H](O)C(C)(C)[C@@H]5CC[C@]43C)[C@H]2[C@@H]1C. The zero-order valence-corrected chi connectivity index (χ0v) is 21.7. The van der Waals surface area contributed by atoms with Crippen molar-refractivity contribution in [2.45, 2.75) is 119 Å². The van der Waals surface area contributed by atoms with Crippen molar-refractivity contribution >= 4 is 0 Å². The minimum atomic E-state index is -0.119. The number of rotatable bonds is 0. The summed E-state index contributed by atoms with van der Waals surface area (Å²) in [6, 6.07) is 0. The third-order valence-electron chi connectivity index (χ3n) is 13.6. The van der Waals surface area contributed by atoms with Gasteiger partial charge in [0.2, 0.25) is 0 Å². The van der Waals surface area contributed by atoms with Crippen LogP contribution in [-0.2, 0) is 0 Å². The van der Waals surface area contributed by atoms with Crippen LogP contribution in [0.5, 0.6) is 0 Å². The van der Waals surface area contributed by atoms with Crippen molar-refractivity contribution in [1.82, 2.24) is 0 Å². The summed E-state index contributed by atoms with van der Waals surface area (Å²) in [5, 5.41) is 10.9. The number of hydrogen-bond acceptors (Lipinski definition) is 1. The minimum absolute atomic E-state index is 0.0623. The molecule has 31 heavy (non-hydrogen) atoms. The summed E-state index contributed by atoms with van der Waals surface area (Å²) in [5.74, 6) is 3.88. The van der Waals surface area contributed by atoms with Gasteiger partial charge in [0.15, 0.2) is 0 Å². The fraction of sp³-hybridized carbons (Fsp3) is 0.933. The normalized spacial score (nSPS) is 58.5. The summed E-state index contributed by atoms with van der Waals surface area (Å²) in [6.07, 6.45) is 13.2. The van der Waals surface area contributed by atoms with Crippen LogP contribution in [0.15, 0.2) is 12.2 Å². The van der Waals surface area contributed by atoms with Gasteiger partial charge in [-0.2, -0.15) is 0 Å². The zero-order valence-electron chi connectivity index (χ0n) is 21.7. The lowest BCUT2D eigenvalue weighted by Crippen LogP contribution is -2.67. The molecule has 5 saturated carbocycles. The Kier molecular flexibility index (Phi) is 4.82. The van der Waals surface area contributed by atoms with Crippen LogP contribution in [0.1, 0.15) is 113 Å². The van der Waals surface area contributed by atoms with E-state index in [1.165, 1.54) is 63.4 Å². The highest BCUT2D eigenvalue weighted by Crippen LogP contribution is 2.76. The van der Waals surface area contributed by atoms with E-state index in [0.29, 0.717) is 33.5 Å². The van der Waals surface area contributed by atoms with Crippen molar-refractivity contribution in [3.63, 3.8) is 0 Å². The maximum atomic E-state index is 10.9. The van der Waals surface area contributed by atoms with E-state index in [1.54, 1.807) is 0 Å². The number of hydrogen-bond donors (Lipinski definition) is 1. The highest BCUT2D eigenvalue weighted by Gasteiger charge is 2.69. The van der Waals surface area contributed by atoms with Gasteiger partial charge in [-0.25, -0.2) is 0 Å². The first-order valence-electron chi connectivity index (χ1n) is 13.7. The van der Waals surface area contributed by atoms with E-state index in [-0.39, 0.29) is 11.5 Å². The van der Waals surface area contributed by atoms with Crippen molar-refractivity contribution in [3.8, 4) is 0 Å². The average Bonchev–Trinajstić information content (AvgIpc) is 2.69. The van der Waals surface area contributed by atoms with Gasteiger partial charge in [0.1, 0.15) is 0 Å². The van der Waals surface area contributed by atoms with Gasteiger partial charge < -0.3 is 5.11 Å². The van der Waals surface area contributed by atoms with Gasteiger partial charge in [-0.15, -0.1) is 0 Å². The standard InChI is InChI=1S/C30H50O/c1-19-11-14-27(5)17-18-29(7)21(25(27)20(19)2)9-10-23-28(6)15-13-24(31)26(3,4)22(28)12-16-30(23,29)8/h20-25,31H,1,9-18H2,2-8H3/t20-,21-,22+,23-,24+,25-,27-,28+,29-,30-/m1/s1. The number of aliphatic hydroxyl groups is 1. The van der Waals surface area contributed by atoms with E-state index < -0.39 is 0 Å². The Hall–Kier alpha value is -0.300. The second-order valence-corrected chi connectivity index (χ2v) is 14.7. The molecule has 0 aromatic heterocycles. The second kappa shape index (κ2) is 6.64. The van der Waals surface area contributed by atoms with Crippen LogP contribution in [0.25, 0.3) is 0 Å². The van der Waals surface area contributed by atoms with E-state index in [0.717, 1.165) is 24.2 Å². The lowest BCUT2D eigenvalue weighted by molar-refractivity contribution is -0.251. The fourth-order valence-electron chi connectivity index (χ4n) is 11.4. The molecule has 5 rings (SSSR count). The van der Waals surface area contributed by atoms with E-state index in [2.05, 4.69) is 55.0 Å². The summed E-state index contributed by atoms with van der Waals surface area (Å²) >= 11 is 0. The predicted octanol–water partition coefficient (Wildman–Crippen LogP) is 8.02. The molecule has 0 unspecified atom stereocenters. The Morgan fingerprint density at radius 3 is 2.19 bits per heavy atom. The Bertz CT molecular complexity index is 766. The van der Waals surface area contributed by atoms with E-state index in [4.69, 9.17) is 0 Å². The van der Waals surface area contributed by atoms with Crippen LogP contribution < -0.4 is 0 Å². The van der Waals surface area contributed by atoms with Crippen molar-refractivity contribution in [2.75, 3.05) is 0 Å². The van der Waals surface area contributed by atoms with E-state index >= 15 is 0 Å². The molecule has 0 amide bonds. The molecule has 0 bridgehead atoms. The molecule has 0 saturated heterocycles. The van der Waals surface area contributed by atoms with Crippen LogP contribution in [0.4, 0.5) is 0 Å². The van der Waals surface area contributed by atoms with Gasteiger partial charge in [0.25, 0.3) is 0 Å². The Morgan fingerprint density at radius 1 is 0.774 bits per heavy atom. The van der Waals surface area contributed by atoms with Crippen molar-refractivity contribution < 1.29 is 5.11 Å². The van der Waals surface area contributed by atoms with E-state index in [1.807, 2.05) is 0 Å². The number of aliphatic hydroxyl groups excluding tert-OH is 1. The first-order chi connectivity index (χ1) is 14.3. The largest absolute Gasteiger partial charge is 0.393 e. The summed E-state index contributed by atoms with van der Waals surface area (Å²) in [5.41, 5.74) is 3.43. The molecular weight excluding hydrogens is 376 g/mol. The number of fused-ring (bicyclic) bond motifs is 7. The molecule has 10 atom stereocenters. The Labute approximate surface area is 192 Å². The van der Waals surface area contributed by atoms with Gasteiger partial charge >= 0.3 is 0 Å². The molecule has 1 heteroatoms.